The lowest BCUT2D eigenvalue weighted by molar-refractivity contribution is 0.180. The summed E-state index contributed by atoms with van der Waals surface area (Å²) in [5.41, 5.74) is 2.43. The van der Waals surface area contributed by atoms with Gasteiger partial charge in [-0.2, -0.15) is 11.8 Å². The smallest absolute Gasteiger partial charge is 0.315 e. The maximum atomic E-state index is 13.2. The minimum Gasteiger partial charge on any atom is -0.315 e. The highest BCUT2D eigenvalue weighted by Gasteiger charge is 2.45. The zero-order chi connectivity index (χ0) is 17.1. The molecule has 3 nitrogen and oxygen atoms in total. The Morgan fingerprint density at radius 3 is 2.00 bits per heavy atom. The molecule has 2 fully saturated rings. The van der Waals surface area contributed by atoms with Gasteiger partial charge in [0.2, 0.25) is 0 Å². The first-order valence-corrected chi connectivity index (χ1v) is 10.2. The van der Waals surface area contributed by atoms with Crippen molar-refractivity contribution in [2.75, 3.05) is 11.5 Å². The van der Waals surface area contributed by atoms with E-state index in [4.69, 9.17) is 0 Å². The Morgan fingerprint density at radius 2 is 1.40 bits per heavy atom. The van der Waals surface area contributed by atoms with Crippen LogP contribution in [-0.2, 0) is 13.1 Å². The summed E-state index contributed by atoms with van der Waals surface area (Å²) in [6.45, 7) is 1.43. The van der Waals surface area contributed by atoms with Gasteiger partial charge in [0.05, 0.1) is 12.1 Å². The number of nitrogens with zero attached hydrogens (tertiary/aromatic N) is 2. The molecule has 2 aliphatic heterocycles. The van der Waals surface area contributed by atoms with Gasteiger partial charge in [0.25, 0.3) is 0 Å². The summed E-state index contributed by atoms with van der Waals surface area (Å²) in [6, 6.07) is 21.6. The molecule has 4 rings (SSSR count). The highest BCUT2D eigenvalue weighted by atomic mass is 32.2. The molecule has 2 heterocycles. The molecular weight excluding hydrogens is 328 g/mol. The van der Waals surface area contributed by atoms with E-state index in [0.717, 1.165) is 18.7 Å². The fraction of sp³-hybridized carbons (Fsp3) is 0.381. The molecule has 0 unspecified atom stereocenters. The van der Waals surface area contributed by atoms with Gasteiger partial charge >= 0.3 is 6.03 Å². The van der Waals surface area contributed by atoms with E-state index < -0.39 is 0 Å². The second kappa shape index (κ2) is 7.52. The molecule has 2 amide bonds. The molecule has 2 saturated heterocycles. The fourth-order valence-corrected chi connectivity index (χ4v) is 5.12. The van der Waals surface area contributed by atoms with Crippen molar-refractivity contribution >= 4 is 17.8 Å². The summed E-state index contributed by atoms with van der Waals surface area (Å²) in [5.74, 6) is 2.26. The summed E-state index contributed by atoms with van der Waals surface area (Å²) in [7, 11) is 0. The van der Waals surface area contributed by atoms with Crippen LogP contribution >= 0.6 is 11.8 Å². The van der Waals surface area contributed by atoms with E-state index >= 15 is 0 Å². The topological polar surface area (TPSA) is 23.6 Å². The van der Waals surface area contributed by atoms with Gasteiger partial charge in [-0.15, -0.1) is 0 Å². The predicted octanol–water partition coefficient (Wildman–Crippen LogP) is 4.39. The minimum absolute atomic E-state index is 0.199. The molecule has 0 N–H and O–H groups in total. The number of benzene rings is 2. The molecule has 0 aliphatic carbocycles. The highest BCUT2D eigenvalue weighted by Crippen LogP contribution is 2.34. The third-order valence-corrected chi connectivity index (χ3v) is 6.36. The van der Waals surface area contributed by atoms with Crippen molar-refractivity contribution in [2.24, 2.45) is 0 Å². The fourth-order valence-electron chi connectivity index (χ4n) is 3.94. The summed E-state index contributed by atoms with van der Waals surface area (Å²) >= 11 is 2.00. The number of carbonyl (C=O) groups excluding carboxylic acids is 1. The van der Waals surface area contributed by atoms with E-state index in [2.05, 4.69) is 58.3 Å². The average Bonchev–Trinajstić information content (AvgIpc) is 2.83. The number of hydrogen-bond acceptors (Lipinski definition) is 2. The molecule has 4 heteroatoms. The first-order chi connectivity index (χ1) is 12.3. The van der Waals surface area contributed by atoms with E-state index in [1.54, 1.807) is 0 Å². The molecule has 25 heavy (non-hydrogen) atoms. The van der Waals surface area contributed by atoms with E-state index in [0.29, 0.717) is 18.6 Å². The van der Waals surface area contributed by atoms with E-state index in [1.807, 2.05) is 23.9 Å². The maximum absolute atomic E-state index is 13.2. The summed E-state index contributed by atoms with van der Waals surface area (Å²) in [4.78, 5) is 17.5. The summed E-state index contributed by atoms with van der Waals surface area (Å²) < 4.78 is 0. The molecule has 0 saturated carbocycles. The van der Waals surface area contributed by atoms with Crippen molar-refractivity contribution in [3.63, 3.8) is 0 Å². The number of fused-ring (bicyclic) bond motifs is 1. The van der Waals surface area contributed by atoms with Crippen molar-refractivity contribution in [2.45, 2.75) is 38.0 Å². The molecule has 0 aromatic heterocycles. The highest BCUT2D eigenvalue weighted by molar-refractivity contribution is 7.99. The molecule has 2 aromatic rings. The Morgan fingerprint density at radius 1 is 0.840 bits per heavy atom. The third-order valence-electron chi connectivity index (χ3n) is 5.20. The van der Waals surface area contributed by atoms with Gasteiger partial charge in [0, 0.05) is 18.8 Å². The molecule has 2 atom stereocenters. The maximum Gasteiger partial charge on any atom is 0.321 e. The molecule has 0 bridgehead atoms. The molecule has 0 radical (unpaired) electrons. The molecule has 0 spiro atoms. The third kappa shape index (κ3) is 3.54. The Labute approximate surface area is 154 Å². The van der Waals surface area contributed by atoms with Crippen LogP contribution in [0.1, 0.15) is 24.0 Å². The van der Waals surface area contributed by atoms with Crippen LogP contribution in [0.4, 0.5) is 4.79 Å². The first-order valence-electron chi connectivity index (χ1n) is 9.06. The molecule has 130 valence electrons. The van der Waals surface area contributed by atoms with E-state index in [9.17, 15) is 4.79 Å². The van der Waals surface area contributed by atoms with Crippen LogP contribution in [0.5, 0.6) is 0 Å². The van der Waals surface area contributed by atoms with Gasteiger partial charge in [0.1, 0.15) is 0 Å². The van der Waals surface area contributed by atoms with Crippen LogP contribution in [0.3, 0.4) is 0 Å². The average molecular weight is 353 g/mol. The van der Waals surface area contributed by atoms with E-state index in [-0.39, 0.29) is 6.03 Å². The van der Waals surface area contributed by atoms with Crippen molar-refractivity contribution < 1.29 is 4.79 Å². The second-order valence-electron chi connectivity index (χ2n) is 6.86. The number of rotatable bonds is 4. The number of thioether (sulfide) groups is 1. The summed E-state index contributed by atoms with van der Waals surface area (Å²) in [6.07, 6.45) is 2.31. The normalized spacial score (nSPS) is 23.4. The van der Waals surface area contributed by atoms with Crippen molar-refractivity contribution in [1.29, 1.82) is 0 Å². The molecular formula is C21H24N2OS. The van der Waals surface area contributed by atoms with Crippen LogP contribution < -0.4 is 0 Å². The number of hydrogen-bond donors (Lipinski definition) is 0. The first kappa shape index (κ1) is 16.5. The van der Waals surface area contributed by atoms with Gasteiger partial charge in [-0.05, 0) is 29.7 Å². The van der Waals surface area contributed by atoms with Crippen LogP contribution in [-0.4, -0.2) is 39.4 Å². The van der Waals surface area contributed by atoms with Crippen LogP contribution in [0.15, 0.2) is 60.7 Å². The summed E-state index contributed by atoms with van der Waals surface area (Å²) in [5, 5.41) is 0. The Kier molecular flexibility index (Phi) is 4.97. The SMILES string of the molecule is O=C1N(Cc2ccccc2)[C@H]2CCCSC[C@@H]2N1Cc1ccccc1. The zero-order valence-corrected chi connectivity index (χ0v) is 15.2. The quantitative estimate of drug-likeness (QED) is 0.815. The minimum atomic E-state index is 0.199. The van der Waals surface area contributed by atoms with Crippen molar-refractivity contribution in [3.8, 4) is 0 Å². The largest absolute Gasteiger partial charge is 0.321 e. The monoisotopic (exact) mass is 352 g/mol. The van der Waals surface area contributed by atoms with Crippen LogP contribution in [0.2, 0.25) is 0 Å². The lowest BCUT2D eigenvalue weighted by atomic mass is 10.0. The number of amides is 2. The predicted molar refractivity (Wildman–Crippen MR) is 104 cm³/mol. The number of urea groups is 1. The Balaban J connectivity index is 1.59. The molecule has 2 aliphatic rings. The van der Waals surface area contributed by atoms with Crippen molar-refractivity contribution in [3.05, 3.63) is 71.8 Å². The van der Waals surface area contributed by atoms with Gasteiger partial charge in [0.15, 0.2) is 0 Å². The Bertz CT molecular complexity index is 647. The van der Waals surface area contributed by atoms with Gasteiger partial charge in [-0.25, -0.2) is 4.79 Å². The van der Waals surface area contributed by atoms with Gasteiger partial charge < -0.3 is 9.80 Å². The molecule has 2 aromatic carbocycles. The Hall–Kier alpha value is -1.94. The number of carbonyl (C=O) groups is 1. The second-order valence-corrected chi connectivity index (χ2v) is 8.01. The van der Waals surface area contributed by atoms with Gasteiger partial charge in [-0.1, -0.05) is 60.7 Å². The van der Waals surface area contributed by atoms with Crippen LogP contribution in [0.25, 0.3) is 0 Å². The lowest BCUT2D eigenvalue weighted by Crippen LogP contribution is -2.38. The van der Waals surface area contributed by atoms with Gasteiger partial charge in [-0.3, -0.25) is 0 Å². The zero-order valence-electron chi connectivity index (χ0n) is 14.4. The standard InChI is InChI=1S/C21H24N2OS/c24-21-22(14-17-8-3-1-4-9-17)19-12-7-13-25-16-20(19)23(21)15-18-10-5-2-6-11-18/h1-6,8-11,19-20H,7,12-16H2/t19-,20-/m0/s1. The van der Waals surface area contributed by atoms with Crippen molar-refractivity contribution in [1.82, 2.24) is 9.80 Å². The van der Waals surface area contributed by atoms with Crippen LogP contribution in [0, 0.1) is 0 Å². The van der Waals surface area contributed by atoms with E-state index in [1.165, 1.54) is 23.3 Å². The lowest BCUT2D eigenvalue weighted by Gasteiger charge is -2.25.